The standard InChI is InChI=1S/C15H24FNO10/c1-2-15(17)26-12(22)14(16,13(23)27-15)4-3-5-24-11-10(21)9(20)8(19)7(6-18)25-11/h7-11,18-21H,2-6,17H2,1H3/t7-,8-,9+,10-,11?,14?,15?/m1/s1. The number of esters is 2. The van der Waals surface area contributed by atoms with E-state index in [-0.39, 0.29) is 19.4 Å². The lowest BCUT2D eigenvalue weighted by Gasteiger charge is -2.39. The molecule has 0 spiro atoms. The molecule has 156 valence electrons. The molecule has 2 heterocycles. The zero-order chi connectivity index (χ0) is 20.4. The average Bonchev–Trinajstić information content (AvgIpc) is 2.63. The van der Waals surface area contributed by atoms with Crippen LogP contribution in [0.4, 0.5) is 4.39 Å². The number of nitrogens with two attached hydrogens (primary N) is 1. The van der Waals surface area contributed by atoms with Gasteiger partial charge in [0.15, 0.2) is 6.29 Å². The van der Waals surface area contributed by atoms with Crippen molar-refractivity contribution in [2.24, 2.45) is 5.73 Å². The molecule has 0 aromatic heterocycles. The molecule has 6 N–H and O–H groups in total. The van der Waals surface area contributed by atoms with Gasteiger partial charge in [0, 0.05) is 12.8 Å². The van der Waals surface area contributed by atoms with Crippen LogP contribution in [0.2, 0.25) is 0 Å². The molecule has 12 heteroatoms. The maximum absolute atomic E-state index is 14.7. The molecule has 0 radical (unpaired) electrons. The fourth-order valence-corrected chi connectivity index (χ4v) is 2.65. The molecule has 1 unspecified atom stereocenters. The van der Waals surface area contributed by atoms with E-state index in [0.717, 1.165) is 0 Å². The van der Waals surface area contributed by atoms with Crippen molar-refractivity contribution >= 4 is 11.9 Å². The summed E-state index contributed by atoms with van der Waals surface area (Å²) in [7, 11) is 0. The van der Waals surface area contributed by atoms with Gasteiger partial charge in [-0.2, -0.15) is 0 Å². The zero-order valence-electron chi connectivity index (χ0n) is 14.6. The van der Waals surface area contributed by atoms with Crippen molar-refractivity contribution in [2.75, 3.05) is 13.2 Å². The molecule has 27 heavy (non-hydrogen) atoms. The maximum atomic E-state index is 14.7. The second-order valence-corrected chi connectivity index (χ2v) is 6.42. The third-order valence-corrected chi connectivity index (χ3v) is 4.47. The summed E-state index contributed by atoms with van der Waals surface area (Å²) < 4.78 is 34.2. The summed E-state index contributed by atoms with van der Waals surface area (Å²) in [4.78, 5) is 23.7. The summed E-state index contributed by atoms with van der Waals surface area (Å²) in [5.74, 6) is -4.93. The Morgan fingerprint density at radius 2 is 1.74 bits per heavy atom. The van der Waals surface area contributed by atoms with E-state index < -0.39 is 67.3 Å². The zero-order valence-corrected chi connectivity index (χ0v) is 14.6. The third kappa shape index (κ3) is 4.37. The first-order valence-electron chi connectivity index (χ1n) is 8.44. The second kappa shape index (κ2) is 8.31. The Bertz CT molecular complexity index is 541. The molecular weight excluding hydrogens is 373 g/mol. The maximum Gasteiger partial charge on any atom is 0.360 e. The van der Waals surface area contributed by atoms with E-state index in [1.165, 1.54) is 6.92 Å². The molecule has 0 aromatic carbocycles. The summed E-state index contributed by atoms with van der Waals surface area (Å²) in [6, 6.07) is 0. The molecule has 0 amide bonds. The number of hydrogen-bond donors (Lipinski definition) is 5. The fourth-order valence-electron chi connectivity index (χ4n) is 2.65. The summed E-state index contributed by atoms with van der Waals surface area (Å²) >= 11 is 0. The lowest BCUT2D eigenvalue weighted by atomic mass is 9.98. The Kier molecular flexibility index (Phi) is 6.73. The highest BCUT2D eigenvalue weighted by Gasteiger charge is 2.58. The third-order valence-electron chi connectivity index (χ3n) is 4.47. The van der Waals surface area contributed by atoms with Gasteiger partial charge in [0.1, 0.15) is 24.4 Å². The number of ether oxygens (including phenoxy) is 4. The van der Waals surface area contributed by atoms with Gasteiger partial charge in [-0.25, -0.2) is 14.0 Å². The van der Waals surface area contributed by atoms with Crippen molar-refractivity contribution in [3.05, 3.63) is 0 Å². The lowest BCUT2D eigenvalue weighted by molar-refractivity contribution is -0.301. The van der Waals surface area contributed by atoms with Gasteiger partial charge in [-0.05, 0) is 6.42 Å². The van der Waals surface area contributed by atoms with Crippen LogP contribution in [0.25, 0.3) is 0 Å². The van der Waals surface area contributed by atoms with E-state index >= 15 is 0 Å². The summed E-state index contributed by atoms with van der Waals surface area (Å²) in [6.45, 7) is 0.574. The van der Waals surface area contributed by atoms with Crippen molar-refractivity contribution in [1.82, 2.24) is 0 Å². The molecule has 2 saturated heterocycles. The Morgan fingerprint density at radius 3 is 2.26 bits per heavy atom. The number of carbonyl (C=O) groups excluding carboxylic acids is 2. The molecular formula is C15H24FNO10. The number of rotatable bonds is 7. The molecule has 0 aliphatic carbocycles. The minimum absolute atomic E-state index is 0.0548. The van der Waals surface area contributed by atoms with E-state index in [1.807, 2.05) is 0 Å². The van der Waals surface area contributed by atoms with Crippen LogP contribution < -0.4 is 5.73 Å². The van der Waals surface area contributed by atoms with E-state index in [4.69, 9.17) is 20.3 Å². The van der Waals surface area contributed by atoms with Gasteiger partial charge in [-0.15, -0.1) is 0 Å². The lowest BCUT2D eigenvalue weighted by Crippen LogP contribution is -2.62. The minimum atomic E-state index is -3.04. The quantitative estimate of drug-likeness (QED) is 0.173. The van der Waals surface area contributed by atoms with E-state index in [1.54, 1.807) is 0 Å². The van der Waals surface area contributed by atoms with Crippen LogP contribution >= 0.6 is 0 Å². The van der Waals surface area contributed by atoms with E-state index in [2.05, 4.69) is 9.47 Å². The molecule has 0 saturated carbocycles. The van der Waals surface area contributed by atoms with Gasteiger partial charge in [-0.3, -0.25) is 5.73 Å². The van der Waals surface area contributed by atoms with Crippen LogP contribution in [0.15, 0.2) is 0 Å². The van der Waals surface area contributed by atoms with Gasteiger partial charge in [0.2, 0.25) is 0 Å². The van der Waals surface area contributed by atoms with Crippen LogP contribution in [0.3, 0.4) is 0 Å². The Hall–Kier alpha value is -1.41. The topological polar surface area (TPSA) is 178 Å². The Balaban J connectivity index is 1.87. The molecule has 2 aliphatic heterocycles. The summed E-state index contributed by atoms with van der Waals surface area (Å²) in [5, 5.41) is 38.2. The second-order valence-electron chi connectivity index (χ2n) is 6.42. The highest BCUT2D eigenvalue weighted by molar-refractivity contribution is 6.04. The number of aliphatic hydroxyl groups is 4. The number of carbonyl (C=O) groups is 2. The molecule has 0 bridgehead atoms. The Labute approximate surface area is 153 Å². The van der Waals surface area contributed by atoms with Crippen molar-refractivity contribution < 1.29 is 53.4 Å². The Morgan fingerprint density at radius 1 is 1.15 bits per heavy atom. The fraction of sp³-hybridized carbons (Fsp3) is 0.867. The molecule has 2 fully saturated rings. The number of alkyl halides is 1. The van der Waals surface area contributed by atoms with Gasteiger partial charge < -0.3 is 39.4 Å². The largest absolute Gasteiger partial charge is 0.406 e. The molecule has 0 aromatic rings. The van der Waals surface area contributed by atoms with Gasteiger partial charge in [0.25, 0.3) is 0 Å². The number of cyclic esters (lactones) is 2. The van der Waals surface area contributed by atoms with Gasteiger partial charge in [-0.1, -0.05) is 6.92 Å². The predicted octanol–water partition coefficient (Wildman–Crippen LogP) is -2.59. The molecule has 2 aliphatic rings. The number of hydrogen-bond acceptors (Lipinski definition) is 11. The summed E-state index contributed by atoms with van der Waals surface area (Å²) in [6.07, 6.45) is -8.21. The first kappa shape index (κ1) is 21.9. The predicted molar refractivity (Wildman–Crippen MR) is 82.2 cm³/mol. The van der Waals surface area contributed by atoms with Crippen molar-refractivity contribution in [1.29, 1.82) is 0 Å². The van der Waals surface area contributed by atoms with Crippen LogP contribution in [0, 0.1) is 0 Å². The van der Waals surface area contributed by atoms with Crippen molar-refractivity contribution in [2.45, 2.75) is 68.5 Å². The smallest absolute Gasteiger partial charge is 0.360 e. The van der Waals surface area contributed by atoms with Crippen LogP contribution in [-0.4, -0.2) is 87.9 Å². The molecule has 2 rings (SSSR count). The molecule has 11 nitrogen and oxygen atoms in total. The highest BCUT2D eigenvalue weighted by atomic mass is 19.1. The highest BCUT2D eigenvalue weighted by Crippen LogP contribution is 2.32. The van der Waals surface area contributed by atoms with E-state index in [9.17, 15) is 29.3 Å². The van der Waals surface area contributed by atoms with Crippen LogP contribution in [0.5, 0.6) is 0 Å². The SMILES string of the molecule is CCC1(N)OC(=O)C(F)(CCCOC2O[C@H](CO)[C@@H](O)[C@H](O)[C@H]2O)C(=O)O1. The molecule has 5 atom stereocenters. The van der Waals surface area contributed by atoms with Crippen LogP contribution in [0.1, 0.15) is 26.2 Å². The monoisotopic (exact) mass is 397 g/mol. The average molecular weight is 397 g/mol. The van der Waals surface area contributed by atoms with Gasteiger partial charge >= 0.3 is 23.5 Å². The van der Waals surface area contributed by atoms with Crippen molar-refractivity contribution in [3.63, 3.8) is 0 Å². The number of aliphatic hydroxyl groups excluding tert-OH is 4. The summed E-state index contributed by atoms with van der Waals surface area (Å²) in [5.41, 5.74) is 2.45. The van der Waals surface area contributed by atoms with Gasteiger partial charge in [0.05, 0.1) is 13.2 Å². The first-order chi connectivity index (χ1) is 12.6. The van der Waals surface area contributed by atoms with Crippen molar-refractivity contribution in [3.8, 4) is 0 Å². The first-order valence-corrected chi connectivity index (χ1v) is 8.44. The number of halogens is 1. The van der Waals surface area contributed by atoms with E-state index in [0.29, 0.717) is 0 Å². The normalized spacial score (nSPS) is 42.6. The minimum Gasteiger partial charge on any atom is -0.406 e. The van der Waals surface area contributed by atoms with Crippen LogP contribution in [-0.2, 0) is 28.5 Å².